The summed E-state index contributed by atoms with van der Waals surface area (Å²) in [5.74, 6) is -0.242. The number of ether oxygens (including phenoxy) is 1. The third kappa shape index (κ3) is 5.93. The molecule has 1 aliphatic rings. The van der Waals surface area contributed by atoms with Gasteiger partial charge in [-0.05, 0) is 53.6 Å². The molecule has 1 aromatic heterocycles. The van der Waals surface area contributed by atoms with E-state index in [0.717, 1.165) is 34.4 Å². The van der Waals surface area contributed by atoms with Crippen LogP contribution in [-0.2, 0) is 4.74 Å². The molecule has 3 aromatic rings. The van der Waals surface area contributed by atoms with Crippen LogP contribution in [0.25, 0.3) is 11.1 Å². The number of nitrogens with zero attached hydrogens (tertiary/aromatic N) is 1. The number of hydrogen-bond donors (Lipinski definition) is 1. The van der Waals surface area contributed by atoms with Gasteiger partial charge in [0.05, 0.1) is 6.04 Å². The third-order valence-electron chi connectivity index (χ3n) is 5.23. The van der Waals surface area contributed by atoms with E-state index in [1.54, 1.807) is 28.4 Å². The summed E-state index contributed by atoms with van der Waals surface area (Å²) in [5.41, 5.74) is 3.03. The molecule has 1 N–H and O–H groups in total. The van der Waals surface area contributed by atoms with E-state index in [4.69, 9.17) is 9.84 Å². The first-order valence-corrected chi connectivity index (χ1v) is 11.4. The van der Waals surface area contributed by atoms with Gasteiger partial charge in [-0.3, -0.25) is 0 Å². The van der Waals surface area contributed by atoms with Crippen molar-refractivity contribution in [2.24, 2.45) is 0 Å². The van der Waals surface area contributed by atoms with Crippen molar-refractivity contribution < 1.29 is 19.0 Å². The van der Waals surface area contributed by atoms with Crippen molar-refractivity contribution in [2.45, 2.75) is 38.8 Å². The molecule has 164 valence electrons. The van der Waals surface area contributed by atoms with Gasteiger partial charge in [0, 0.05) is 24.4 Å². The molecule has 31 heavy (non-hydrogen) atoms. The molecule has 1 aliphatic heterocycles. The largest absolute Gasteiger partial charge is 0.440 e. The number of hydrogen-bond acceptors (Lipinski definition) is 4. The number of benzene rings is 2. The molecule has 2 aromatic carbocycles. The monoisotopic (exact) mass is 441 g/mol. The minimum atomic E-state index is -0.269. The second-order valence-corrected chi connectivity index (χ2v) is 8.38. The average molecular weight is 442 g/mol. The Morgan fingerprint density at radius 2 is 1.74 bits per heavy atom. The van der Waals surface area contributed by atoms with Crippen LogP contribution in [0.5, 0.6) is 0 Å². The van der Waals surface area contributed by atoms with Crippen LogP contribution >= 0.6 is 11.3 Å². The van der Waals surface area contributed by atoms with Gasteiger partial charge in [0.25, 0.3) is 0 Å². The Balaban J connectivity index is 0.000000628. The Morgan fingerprint density at radius 1 is 1.13 bits per heavy atom. The van der Waals surface area contributed by atoms with Crippen molar-refractivity contribution in [3.8, 4) is 11.1 Å². The van der Waals surface area contributed by atoms with E-state index in [0.29, 0.717) is 13.2 Å². The highest BCUT2D eigenvalue weighted by atomic mass is 32.1. The number of halogens is 1. The van der Waals surface area contributed by atoms with Crippen LogP contribution in [0.4, 0.5) is 9.18 Å². The van der Waals surface area contributed by atoms with Gasteiger partial charge >= 0.3 is 6.09 Å². The minimum absolute atomic E-state index is 0.0657. The Morgan fingerprint density at radius 3 is 2.26 bits per heavy atom. The van der Waals surface area contributed by atoms with Crippen LogP contribution in [0.3, 0.4) is 0 Å². The smallest absolute Gasteiger partial charge is 0.410 e. The zero-order valence-electron chi connectivity index (χ0n) is 17.8. The summed E-state index contributed by atoms with van der Waals surface area (Å²) in [6.07, 6.45) is 1.26. The minimum Gasteiger partial charge on any atom is -0.440 e. The maximum atomic E-state index is 13.1. The molecule has 0 bridgehead atoms. The SMILES string of the molecule is CC(c1ccc(-c2ccc(F)cc2)cc1)N1CCC(c2cccs2)OC1=O.CCCO. The van der Waals surface area contributed by atoms with Gasteiger partial charge in [0.1, 0.15) is 11.9 Å². The Hall–Kier alpha value is -2.70. The van der Waals surface area contributed by atoms with E-state index in [2.05, 4.69) is 0 Å². The summed E-state index contributed by atoms with van der Waals surface area (Å²) < 4.78 is 18.7. The lowest BCUT2D eigenvalue weighted by molar-refractivity contribution is 0.0137. The highest BCUT2D eigenvalue weighted by molar-refractivity contribution is 7.10. The first kappa shape index (κ1) is 23.0. The number of carbonyl (C=O) groups is 1. The van der Waals surface area contributed by atoms with Crippen LogP contribution in [0.2, 0.25) is 0 Å². The number of carbonyl (C=O) groups excluding carboxylic acids is 1. The molecule has 0 spiro atoms. The quantitative estimate of drug-likeness (QED) is 0.486. The number of aliphatic hydroxyl groups excluding tert-OH is 1. The first-order chi connectivity index (χ1) is 15.0. The molecule has 4 nitrogen and oxygen atoms in total. The van der Waals surface area contributed by atoms with E-state index >= 15 is 0 Å². The normalized spacial score (nSPS) is 16.8. The van der Waals surface area contributed by atoms with Gasteiger partial charge in [-0.15, -0.1) is 11.3 Å². The molecule has 2 unspecified atom stereocenters. The van der Waals surface area contributed by atoms with E-state index < -0.39 is 0 Å². The molecule has 0 radical (unpaired) electrons. The second-order valence-electron chi connectivity index (χ2n) is 7.40. The average Bonchev–Trinajstić information content (AvgIpc) is 3.34. The maximum Gasteiger partial charge on any atom is 0.410 e. The fourth-order valence-corrected chi connectivity index (χ4v) is 4.19. The number of thiophene rings is 1. The standard InChI is InChI=1S/C22H20FNO2S.C3H8O/c1-15(24-13-12-20(26-22(24)25)21-3-2-14-27-21)16-4-6-17(7-5-16)18-8-10-19(23)11-9-18;1-2-3-4/h2-11,14-15,20H,12-13H2,1H3;4H,2-3H2,1H3. The molecule has 4 rings (SSSR count). The lowest BCUT2D eigenvalue weighted by Crippen LogP contribution is -2.40. The zero-order chi connectivity index (χ0) is 22.2. The van der Waals surface area contributed by atoms with Crippen molar-refractivity contribution in [3.05, 3.63) is 82.3 Å². The van der Waals surface area contributed by atoms with Crippen molar-refractivity contribution in [3.63, 3.8) is 0 Å². The van der Waals surface area contributed by atoms with E-state index in [1.165, 1.54) is 12.1 Å². The van der Waals surface area contributed by atoms with Crippen molar-refractivity contribution in [2.75, 3.05) is 13.2 Å². The molecule has 1 fully saturated rings. The number of cyclic esters (lactones) is 1. The summed E-state index contributed by atoms with van der Waals surface area (Å²) in [7, 11) is 0. The molecule has 1 amide bonds. The fraction of sp³-hybridized carbons (Fsp3) is 0.320. The van der Waals surface area contributed by atoms with Crippen LogP contribution in [0, 0.1) is 5.82 Å². The molecular formula is C25H28FNO3S. The van der Waals surface area contributed by atoms with E-state index in [9.17, 15) is 9.18 Å². The van der Waals surface area contributed by atoms with Crippen molar-refractivity contribution in [1.29, 1.82) is 0 Å². The van der Waals surface area contributed by atoms with Gasteiger partial charge in [-0.25, -0.2) is 9.18 Å². The van der Waals surface area contributed by atoms with Crippen molar-refractivity contribution in [1.82, 2.24) is 4.90 Å². The summed E-state index contributed by atoms with van der Waals surface area (Å²) in [6, 6.07) is 18.4. The maximum absolute atomic E-state index is 13.1. The summed E-state index contributed by atoms with van der Waals surface area (Å²) in [6.45, 7) is 4.93. The van der Waals surface area contributed by atoms with Crippen molar-refractivity contribution >= 4 is 17.4 Å². The summed E-state index contributed by atoms with van der Waals surface area (Å²) >= 11 is 1.62. The first-order valence-electron chi connectivity index (χ1n) is 10.5. The molecular weight excluding hydrogens is 413 g/mol. The lowest BCUT2D eigenvalue weighted by Gasteiger charge is -2.35. The van der Waals surface area contributed by atoms with Gasteiger partial charge in [0.2, 0.25) is 0 Å². The Bertz CT molecular complexity index is 940. The van der Waals surface area contributed by atoms with E-state index in [-0.39, 0.29) is 24.1 Å². The zero-order valence-corrected chi connectivity index (χ0v) is 18.6. The molecule has 0 aliphatic carbocycles. The molecule has 2 atom stereocenters. The van der Waals surface area contributed by atoms with Gasteiger partial charge in [-0.2, -0.15) is 0 Å². The highest BCUT2D eigenvalue weighted by Gasteiger charge is 2.32. The highest BCUT2D eigenvalue weighted by Crippen LogP contribution is 2.34. The Kier molecular flexibility index (Phi) is 8.20. The molecule has 2 heterocycles. The van der Waals surface area contributed by atoms with Crippen LogP contribution < -0.4 is 0 Å². The number of rotatable bonds is 5. The third-order valence-corrected chi connectivity index (χ3v) is 6.20. The predicted molar refractivity (Wildman–Crippen MR) is 122 cm³/mol. The van der Waals surface area contributed by atoms with Gasteiger partial charge < -0.3 is 14.7 Å². The lowest BCUT2D eigenvalue weighted by atomic mass is 10.0. The summed E-state index contributed by atoms with van der Waals surface area (Å²) in [5, 5.41) is 9.88. The Labute approximate surface area is 186 Å². The van der Waals surface area contributed by atoms with E-state index in [1.807, 2.05) is 55.6 Å². The molecule has 0 saturated carbocycles. The van der Waals surface area contributed by atoms with Crippen LogP contribution in [0.1, 0.15) is 49.3 Å². The van der Waals surface area contributed by atoms with Gasteiger partial charge in [-0.1, -0.05) is 49.4 Å². The number of aliphatic hydroxyl groups is 1. The fourth-order valence-electron chi connectivity index (χ4n) is 3.40. The van der Waals surface area contributed by atoms with Crippen LogP contribution in [0.15, 0.2) is 66.0 Å². The predicted octanol–water partition coefficient (Wildman–Crippen LogP) is 6.59. The topological polar surface area (TPSA) is 49.8 Å². The molecule has 1 saturated heterocycles. The molecule has 6 heteroatoms. The van der Waals surface area contributed by atoms with Crippen LogP contribution in [-0.4, -0.2) is 29.3 Å². The number of amides is 1. The second kappa shape index (κ2) is 11.1. The van der Waals surface area contributed by atoms with Gasteiger partial charge in [0.15, 0.2) is 0 Å². The summed E-state index contributed by atoms with van der Waals surface area (Å²) in [4.78, 5) is 15.4.